The molecular formula is C17H15ClN4O2. The molecule has 2 aromatic carbocycles. The van der Waals surface area contributed by atoms with Crippen LogP contribution >= 0.6 is 11.6 Å². The van der Waals surface area contributed by atoms with Gasteiger partial charge in [0, 0.05) is 29.6 Å². The number of fused-ring (bicyclic) bond motifs is 1. The molecule has 3 N–H and O–H groups in total. The normalized spacial score (nSPS) is 10.6. The molecule has 0 aliphatic carbocycles. The Bertz CT molecular complexity index is 903. The van der Waals surface area contributed by atoms with E-state index < -0.39 is 0 Å². The van der Waals surface area contributed by atoms with E-state index in [1.54, 1.807) is 30.3 Å². The van der Waals surface area contributed by atoms with Gasteiger partial charge in [-0.05, 0) is 35.9 Å². The molecule has 7 heteroatoms. The van der Waals surface area contributed by atoms with Gasteiger partial charge in [-0.1, -0.05) is 23.7 Å². The van der Waals surface area contributed by atoms with Crippen LogP contribution in [0, 0.1) is 0 Å². The van der Waals surface area contributed by atoms with Crippen LogP contribution in [0.3, 0.4) is 0 Å². The number of nitrogens with zero attached hydrogens (tertiary/aromatic N) is 1. The monoisotopic (exact) mass is 342 g/mol. The molecule has 0 saturated heterocycles. The van der Waals surface area contributed by atoms with Crippen molar-refractivity contribution in [1.29, 1.82) is 0 Å². The lowest BCUT2D eigenvalue weighted by molar-refractivity contribution is -0.119. The maximum atomic E-state index is 12.4. The fraction of sp³-hybridized carbons (Fsp3) is 0.118. The van der Waals surface area contributed by atoms with Gasteiger partial charge >= 0.3 is 0 Å². The fourth-order valence-corrected chi connectivity index (χ4v) is 2.45. The highest BCUT2D eigenvalue weighted by atomic mass is 35.5. The van der Waals surface area contributed by atoms with Crippen LogP contribution in [-0.2, 0) is 11.3 Å². The van der Waals surface area contributed by atoms with Gasteiger partial charge in [-0.3, -0.25) is 14.7 Å². The number of carbonyl (C=O) groups excluding carboxylic acids is 2. The highest BCUT2D eigenvalue weighted by molar-refractivity contribution is 6.31. The van der Waals surface area contributed by atoms with E-state index in [0.29, 0.717) is 22.6 Å². The van der Waals surface area contributed by atoms with E-state index in [0.717, 1.165) is 11.1 Å². The van der Waals surface area contributed by atoms with Crippen molar-refractivity contribution in [3.05, 3.63) is 58.7 Å². The van der Waals surface area contributed by atoms with Crippen LogP contribution in [0.5, 0.6) is 0 Å². The van der Waals surface area contributed by atoms with Gasteiger partial charge in [-0.2, -0.15) is 5.10 Å². The van der Waals surface area contributed by atoms with E-state index in [1.807, 2.05) is 12.1 Å². The van der Waals surface area contributed by atoms with Gasteiger partial charge < -0.3 is 10.6 Å². The molecule has 0 bridgehead atoms. The lowest BCUT2D eigenvalue weighted by Crippen LogP contribution is -2.18. The Kier molecular flexibility index (Phi) is 4.48. The first-order chi connectivity index (χ1) is 11.5. The third kappa shape index (κ3) is 3.55. The van der Waals surface area contributed by atoms with Crippen LogP contribution in [0.4, 0.5) is 5.69 Å². The minimum absolute atomic E-state index is 0.0866. The average Bonchev–Trinajstić information content (AvgIpc) is 2.97. The second kappa shape index (κ2) is 6.72. The highest BCUT2D eigenvalue weighted by Crippen LogP contribution is 2.21. The van der Waals surface area contributed by atoms with Crippen molar-refractivity contribution in [1.82, 2.24) is 15.5 Å². The van der Waals surface area contributed by atoms with Gasteiger partial charge in [-0.15, -0.1) is 0 Å². The molecule has 1 aromatic heterocycles. The molecule has 0 aliphatic rings. The molecule has 0 saturated carbocycles. The number of anilines is 1. The van der Waals surface area contributed by atoms with Crippen LogP contribution in [-0.4, -0.2) is 22.0 Å². The first kappa shape index (κ1) is 16.0. The summed E-state index contributed by atoms with van der Waals surface area (Å²) in [6.07, 6.45) is 0. The SMILES string of the molecule is CC(=O)NCc1ccc(NC(=O)c2n[nH]c3ccc(Cl)cc23)cc1. The molecule has 1 heterocycles. The number of H-pyrrole nitrogens is 1. The fourth-order valence-electron chi connectivity index (χ4n) is 2.28. The summed E-state index contributed by atoms with van der Waals surface area (Å²) in [6, 6.07) is 12.4. The number of amides is 2. The number of aromatic amines is 1. The summed E-state index contributed by atoms with van der Waals surface area (Å²) >= 11 is 5.98. The van der Waals surface area contributed by atoms with E-state index in [4.69, 9.17) is 11.6 Å². The van der Waals surface area contributed by atoms with Crippen molar-refractivity contribution in [2.75, 3.05) is 5.32 Å². The largest absolute Gasteiger partial charge is 0.352 e. The van der Waals surface area contributed by atoms with Gasteiger partial charge in [0.05, 0.1) is 5.52 Å². The molecule has 0 atom stereocenters. The molecule has 3 aromatic rings. The Morgan fingerprint density at radius 2 is 1.92 bits per heavy atom. The van der Waals surface area contributed by atoms with Crippen LogP contribution in [0.15, 0.2) is 42.5 Å². The van der Waals surface area contributed by atoms with Crippen molar-refractivity contribution in [2.45, 2.75) is 13.5 Å². The molecule has 122 valence electrons. The summed E-state index contributed by atoms with van der Waals surface area (Å²) in [4.78, 5) is 23.3. The van der Waals surface area contributed by atoms with E-state index >= 15 is 0 Å². The number of aromatic nitrogens is 2. The molecule has 0 aliphatic heterocycles. The maximum Gasteiger partial charge on any atom is 0.276 e. The topological polar surface area (TPSA) is 86.9 Å². The van der Waals surface area contributed by atoms with Gasteiger partial charge in [0.25, 0.3) is 5.91 Å². The molecule has 0 fully saturated rings. The zero-order chi connectivity index (χ0) is 17.1. The molecular weight excluding hydrogens is 328 g/mol. The highest BCUT2D eigenvalue weighted by Gasteiger charge is 2.14. The summed E-state index contributed by atoms with van der Waals surface area (Å²) in [6.45, 7) is 1.92. The third-order valence-corrected chi connectivity index (χ3v) is 3.73. The molecule has 6 nitrogen and oxygen atoms in total. The zero-order valence-electron chi connectivity index (χ0n) is 12.9. The molecule has 24 heavy (non-hydrogen) atoms. The number of hydrogen-bond donors (Lipinski definition) is 3. The molecule has 3 rings (SSSR count). The molecule has 0 spiro atoms. The van der Waals surface area contributed by atoms with Gasteiger partial charge in [0.15, 0.2) is 5.69 Å². The number of halogens is 1. The second-order valence-corrected chi connectivity index (χ2v) is 5.76. The number of carbonyl (C=O) groups is 2. The third-order valence-electron chi connectivity index (χ3n) is 3.49. The van der Waals surface area contributed by atoms with E-state index in [1.165, 1.54) is 6.92 Å². The predicted octanol–water partition coefficient (Wildman–Crippen LogP) is 3.10. The summed E-state index contributed by atoms with van der Waals surface area (Å²) in [5.41, 5.74) is 2.62. The molecule has 2 amide bonds. The van der Waals surface area contributed by atoms with E-state index in [-0.39, 0.29) is 17.5 Å². The first-order valence-corrected chi connectivity index (χ1v) is 7.69. The van der Waals surface area contributed by atoms with Gasteiger partial charge in [0.1, 0.15) is 0 Å². The van der Waals surface area contributed by atoms with E-state index in [9.17, 15) is 9.59 Å². The number of hydrogen-bond acceptors (Lipinski definition) is 3. The van der Waals surface area contributed by atoms with Crippen molar-refractivity contribution < 1.29 is 9.59 Å². The summed E-state index contributed by atoms with van der Waals surface area (Å²) in [5.74, 6) is -0.408. The van der Waals surface area contributed by atoms with Gasteiger partial charge in [-0.25, -0.2) is 0 Å². The number of nitrogens with one attached hydrogen (secondary N) is 3. The lowest BCUT2D eigenvalue weighted by Gasteiger charge is -2.06. The lowest BCUT2D eigenvalue weighted by atomic mass is 10.2. The Labute approximate surface area is 143 Å². The Morgan fingerprint density at radius 1 is 1.17 bits per heavy atom. The average molecular weight is 343 g/mol. The first-order valence-electron chi connectivity index (χ1n) is 7.31. The quantitative estimate of drug-likeness (QED) is 0.680. The minimum atomic E-state index is -0.321. The zero-order valence-corrected chi connectivity index (χ0v) is 13.6. The summed E-state index contributed by atoms with van der Waals surface area (Å²) in [7, 11) is 0. The van der Waals surface area contributed by atoms with E-state index in [2.05, 4.69) is 20.8 Å². The van der Waals surface area contributed by atoms with Crippen molar-refractivity contribution in [3.8, 4) is 0 Å². The van der Waals surface area contributed by atoms with Crippen LogP contribution < -0.4 is 10.6 Å². The van der Waals surface area contributed by atoms with Crippen LogP contribution in [0.1, 0.15) is 23.0 Å². The van der Waals surface area contributed by atoms with Crippen molar-refractivity contribution >= 4 is 40.0 Å². The number of rotatable bonds is 4. The Hall–Kier alpha value is -2.86. The standard InChI is InChI=1S/C17H15ClN4O2/c1-10(23)19-9-11-2-5-13(6-3-11)20-17(24)16-14-8-12(18)4-7-15(14)21-22-16/h2-8H,9H2,1H3,(H,19,23)(H,20,24)(H,21,22). The van der Waals surface area contributed by atoms with Crippen LogP contribution in [0.25, 0.3) is 10.9 Å². The smallest absolute Gasteiger partial charge is 0.276 e. The summed E-state index contributed by atoms with van der Waals surface area (Å²) in [5, 5.41) is 13.6. The van der Waals surface area contributed by atoms with Gasteiger partial charge in [0.2, 0.25) is 5.91 Å². The van der Waals surface area contributed by atoms with Crippen molar-refractivity contribution in [2.24, 2.45) is 0 Å². The van der Waals surface area contributed by atoms with Crippen LogP contribution in [0.2, 0.25) is 5.02 Å². The molecule has 0 unspecified atom stereocenters. The number of benzene rings is 2. The summed E-state index contributed by atoms with van der Waals surface area (Å²) < 4.78 is 0. The second-order valence-electron chi connectivity index (χ2n) is 5.32. The minimum Gasteiger partial charge on any atom is -0.352 e. The maximum absolute atomic E-state index is 12.4. The predicted molar refractivity (Wildman–Crippen MR) is 93.0 cm³/mol. The Balaban J connectivity index is 1.74. The Morgan fingerprint density at radius 3 is 2.62 bits per heavy atom. The molecule has 0 radical (unpaired) electrons. The van der Waals surface area contributed by atoms with Crippen molar-refractivity contribution in [3.63, 3.8) is 0 Å².